The van der Waals surface area contributed by atoms with Crippen molar-refractivity contribution in [3.63, 3.8) is 0 Å². The number of nitrogens with zero attached hydrogens (tertiary/aromatic N) is 2. The second kappa shape index (κ2) is 6.30. The van der Waals surface area contributed by atoms with Gasteiger partial charge in [-0.3, -0.25) is 13.9 Å². The molecule has 0 aliphatic rings. The monoisotopic (exact) mass is 303 g/mol. The van der Waals surface area contributed by atoms with Crippen LogP contribution in [0.4, 0.5) is 11.5 Å². The summed E-state index contributed by atoms with van der Waals surface area (Å²) in [6.45, 7) is 2.05. The van der Waals surface area contributed by atoms with E-state index in [0.717, 1.165) is 4.57 Å². The van der Waals surface area contributed by atoms with Crippen molar-refractivity contribution in [1.82, 2.24) is 9.13 Å². The first kappa shape index (κ1) is 15.6. The summed E-state index contributed by atoms with van der Waals surface area (Å²) in [4.78, 5) is 35.1. The van der Waals surface area contributed by atoms with E-state index in [9.17, 15) is 14.4 Å². The molecule has 1 heterocycles. The molecule has 0 saturated carbocycles. The van der Waals surface area contributed by atoms with Gasteiger partial charge in [-0.05, 0) is 31.2 Å². The fourth-order valence-electron chi connectivity index (χ4n) is 1.90. The van der Waals surface area contributed by atoms with Gasteiger partial charge in [0.1, 0.15) is 5.82 Å². The number of anilines is 2. The maximum Gasteiger partial charge on any atom is 0.338 e. The van der Waals surface area contributed by atoms with E-state index in [2.05, 4.69) is 5.32 Å². The second-order valence-corrected chi connectivity index (χ2v) is 4.69. The number of nitrogens with one attached hydrogen (secondary N) is 1. The van der Waals surface area contributed by atoms with Crippen molar-refractivity contribution in [2.75, 3.05) is 11.9 Å². The molecule has 0 saturated heterocycles. The predicted octanol–water partition coefficient (Wildman–Crippen LogP) is 1.00. The highest BCUT2D eigenvalue weighted by Gasteiger charge is 2.08. The van der Waals surface area contributed by atoms with E-state index >= 15 is 0 Å². The third-order valence-electron chi connectivity index (χ3n) is 3.19. The largest absolute Gasteiger partial charge is 0.462 e. The molecule has 1 N–H and O–H groups in total. The van der Waals surface area contributed by atoms with Crippen LogP contribution in [0.3, 0.4) is 0 Å². The van der Waals surface area contributed by atoms with E-state index in [0.29, 0.717) is 23.7 Å². The van der Waals surface area contributed by atoms with Gasteiger partial charge in [0.15, 0.2) is 0 Å². The van der Waals surface area contributed by atoms with Crippen molar-refractivity contribution in [3.05, 3.63) is 56.7 Å². The van der Waals surface area contributed by atoms with Crippen molar-refractivity contribution < 1.29 is 9.53 Å². The van der Waals surface area contributed by atoms with E-state index in [1.54, 1.807) is 38.2 Å². The quantitative estimate of drug-likeness (QED) is 0.852. The highest BCUT2D eigenvalue weighted by Crippen LogP contribution is 2.15. The summed E-state index contributed by atoms with van der Waals surface area (Å²) in [6.07, 6.45) is 0. The molecule has 2 aromatic rings. The summed E-state index contributed by atoms with van der Waals surface area (Å²) in [5.74, 6) is -0.0213. The first-order valence-electron chi connectivity index (χ1n) is 6.75. The normalized spacial score (nSPS) is 10.3. The van der Waals surface area contributed by atoms with Crippen molar-refractivity contribution in [1.29, 1.82) is 0 Å². The molecule has 1 aromatic carbocycles. The Labute approximate surface area is 126 Å². The Kier molecular flexibility index (Phi) is 4.45. The smallest absolute Gasteiger partial charge is 0.338 e. The van der Waals surface area contributed by atoms with Crippen molar-refractivity contribution >= 4 is 17.5 Å². The van der Waals surface area contributed by atoms with Crippen LogP contribution in [0, 0.1) is 0 Å². The molecule has 0 atom stereocenters. The average Bonchev–Trinajstić information content (AvgIpc) is 2.51. The standard InChI is InChI=1S/C15H17N3O4/c1-4-22-14(20)10-5-7-11(8-6-10)16-12-9-13(19)18(3)15(21)17(12)2/h5-9,16H,4H2,1-3H3. The summed E-state index contributed by atoms with van der Waals surface area (Å²) in [7, 11) is 2.99. The molecule has 116 valence electrons. The SMILES string of the molecule is CCOC(=O)c1ccc(Nc2cc(=O)n(C)c(=O)n2C)cc1. The van der Waals surface area contributed by atoms with Crippen LogP contribution in [0.15, 0.2) is 39.9 Å². The van der Waals surface area contributed by atoms with Crippen LogP contribution in [0.2, 0.25) is 0 Å². The minimum atomic E-state index is -0.418. The van der Waals surface area contributed by atoms with Crippen LogP contribution in [-0.4, -0.2) is 21.7 Å². The summed E-state index contributed by atoms with van der Waals surface area (Å²) in [5, 5.41) is 2.98. The predicted molar refractivity (Wildman–Crippen MR) is 82.6 cm³/mol. The fraction of sp³-hybridized carbons (Fsp3) is 0.267. The zero-order valence-electron chi connectivity index (χ0n) is 12.6. The number of carbonyl (C=O) groups excluding carboxylic acids is 1. The highest BCUT2D eigenvalue weighted by molar-refractivity contribution is 5.89. The van der Waals surface area contributed by atoms with E-state index < -0.39 is 17.2 Å². The van der Waals surface area contributed by atoms with Crippen LogP contribution < -0.4 is 16.6 Å². The number of hydrogen-bond acceptors (Lipinski definition) is 5. The third kappa shape index (κ3) is 3.08. The van der Waals surface area contributed by atoms with Crippen LogP contribution >= 0.6 is 0 Å². The van der Waals surface area contributed by atoms with Crippen molar-refractivity contribution in [3.8, 4) is 0 Å². The highest BCUT2D eigenvalue weighted by atomic mass is 16.5. The molecular formula is C15H17N3O4. The minimum absolute atomic E-state index is 0.314. The molecule has 0 fully saturated rings. The van der Waals surface area contributed by atoms with E-state index in [4.69, 9.17) is 4.74 Å². The Balaban J connectivity index is 2.27. The molecule has 0 spiro atoms. The van der Waals surface area contributed by atoms with Crippen molar-refractivity contribution in [2.24, 2.45) is 14.1 Å². The Morgan fingerprint density at radius 3 is 2.36 bits per heavy atom. The zero-order chi connectivity index (χ0) is 16.3. The van der Waals surface area contributed by atoms with Gasteiger partial charge >= 0.3 is 11.7 Å². The molecular weight excluding hydrogens is 286 g/mol. The molecule has 7 nitrogen and oxygen atoms in total. The van der Waals surface area contributed by atoms with Gasteiger partial charge in [0.25, 0.3) is 5.56 Å². The van der Waals surface area contributed by atoms with E-state index in [-0.39, 0.29) is 0 Å². The van der Waals surface area contributed by atoms with Crippen LogP contribution in [0.5, 0.6) is 0 Å². The molecule has 1 aromatic heterocycles. The van der Waals surface area contributed by atoms with E-state index in [1.165, 1.54) is 17.7 Å². The van der Waals surface area contributed by atoms with Gasteiger partial charge in [0.05, 0.1) is 12.2 Å². The molecule has 0 bridgehead atoms. The van der Waals surface area contributed by atoms with Gasteiger partial charge in [-0.25, -0.2) is 9.59 Å². The molecule has 22 heavy (non-hydrogen) atoms. The zero-order valence-corrected chi connectivity index (χ0v) is 12.6. The molecule has 0 aliphatic carbocycles. The average molecular weight is 303 g/mol. The van der Waals surface area contributed by atoms with Gasteiger partial charge in [-0.15, -0.1) is 0 Å². The maximum absolute atomic E-state index is 11.8. The Hall–Kier alpha value is -2.83. The van der Waals surface area contributed by atoms with Crippen LogP contribution in [-0.2, 0) is 18.8 Å². The number of aromatic nitrogens is 2. The number of esters is 1. The number of benzene rings is 1. The fourth-order valence-corrected chi connectivity index (χ4v) is 1.90. The van der Waals surface area contributed by atoms with Crippen LogP contribution in [0.25, 0.3) is 0 Å². The summed E-state index contributed by atoms with van der Waals surface area (Å²) in [5.41, 5.74) is 0.272. The van der Waals surface area contributed by atoms with Gasteiger partial charge in [0.2, 0.25) is 0 Å². The minimum Gasteiger partial charge on any atom is -0.462 e. The first-order valence-corrected chi connectivity index (χ1v) is 6.75. The second-order valence-electron chi connectivity index (χ2n) is 4.69. The lowest BCUT2D eigenvalue weighted by molar-refractivity contribution is 0.0526. The lowest BCUT2D eigenvalue weighted by Crippen LogP contribution is -2.37. The molecule has 0 unspecified atom stereocenters. The molecule has 0 amide bonds. The Morgan fingerprint density at radius 1 is 1.14 bits per heavy atom. The lowest BCUT2D eigenvalue weighted by Gasteiger charge is -2.12. The first-order chi connectivity index (χ1) is 10.4. The van der Waals surface area contributed by atoms with Crippen LogP contribution in [0.1, 0.15) is 17.3 Å². The lowest BCUT2D eigenvalue weighted by atomic mass is 10.2. The summed E-state index contributed by atoms with van der Waals surface area (Å²) >= 11 is 0. The number of rotatable bonds is 4. The maximum atomic E-state index is 11.8. The molecule has 0 aliphatic heterocycles. The van der Waals surface area contributed by atoms with Gasteiger partial charge in [0, 0.05) is 25.8 Å². The number of hydrogen-bond donors (Lipinski definition) is 1. The Morgan fingerprint density at radius 2 is 1.77 bits per heavy atom. The summed E-state index contributed by atoms with van der Waals surface area (Å²) in [6, 6.07) is 7.90. The molecule has 0 radical (unpaired) electrons. The third-order valence-corrected chi connectivity index (χ3v) is 3.19. The molecule has 2 rings (SSSR count). The molecule has 7 heteroatoms. The van der Waals surface area contributed by atoms with Gasteiger partial charge in [-0.2, -0.15) is 0 Å². The van der Waals surface area contributed by atoms with Crippen molar-refractivity contribution in [2.45, 2.75) is 6.92 Å². The van der Waals surface area contributed by atoms with E-state index in [1.807, 2.05) is 0 Å². The number of carbonyl (C=O) groups is 1. The number of ether oxygens (including phenoxy) is 1. The Bertz CT molecular complexity index is 803. The van der Waals surface area contributed by atoms with Gasteiger partial charge in [-0.1, -0.05) is 0 Å². The summed E-state index contributed by atoms with van der Waals surface area (Å²) < 4.78 is 7.26. The topological polar surface area (TPSA) is 82.3 Å². The van der Waals surface area contributed by atoms with Gasteiger partial charge < -0.3 is 10.1 Å².